The summed E-state index contributed by atoms with van der Waals surface area (Å²) in [6, 6.07) is 6.99. The average Bonchev–Trinajstić information content (AvgIpc) is 3.04. The Morgan fingerprint density at radius 3 is 2.61 bits per heavy atom. The monoisotopic (exact) mass is 513 g/mol. The first-order valence-electron chi connectivity index (χ1n) is 9.04. The SMILES string of the molecule is CCOC(=O)c1c(NC(=O)COC(=O)c2ccccc2I)sc2c1CCCC2. The van der Waals surface area contributed by atoms with Crippen molar-refractivity contribution in [2.75, 3.05) is 18.5 Å². The van der Waals surface area contributed by atoms with Gasteiger partial charge in [0.2, 0.25) is 0 Å². The summed E-state index contributed by atoms with van der Waals surface area (Å²) < 4.78 is 11.1. The third kappa shape index (κ3) is 4.72. The van der Waals surface area contributed by atoms with Gasteiger partial charge < -0.3 is 14.8 Å². The summed E-state index contributed by atoms with van der Waals surface area (Å²) >= 11 is 3.44. The number of carbonyl (C=O) groups excluding carboxylic acids is 3. The van der Waals surface area contributed by atoms with Crippen LogP contribution in [0.4, 0.5) is 5.00 Å². The lowest BCUT2D eigenvalue weighted by Gasteiger charge is -2.12. The van der Waals surface area contributed by atoms with E-state index in [1.165, 1.54) is 11.3 Å². The van der Waals surface area contributed by atoms with Crippen molar-refractivity contribution in [3.05, 3.63) is 49.4 Å². The molecule has 1 N–H and O–H groups in total. The van der Waals surface area contributed by atoms with Crippen LogP contribution in [0.1, 0.15) is 50.9 Å². The Hall–Kier alpha value is -1.94. The number of amides is 1. The Morgan fingerprint density at radius 2 is 1.86 bits per heavy atom. The quantitative estimate of drug-likeness (QED) is 0.463. The molecule has 0 aliphatic heterocycles. The number of esters is 2. The summed E-state index contributed by atoms with van der Waals surface area (Å²) in [4.78, 5) is 38.0. The molecule has 148 valence electrons. The zero-order valence-electron chi connectivity index (χ0n) is 15.4. The van der Waals surface area contributed by atoms with Crippen LogP contribution in [0.5, 0.6) is 0 Å². The van der Waals surface area contributed by atoms with Gasteiger partial charge in [-0.3, -0.25) is 4.79 Å². The van der Waals surface area contributed by atoms with Crippen molar-refractivity contribution < 1.29 is 23.9 Å². The van der Waals surface area contributed by atoms with Crippen molar-refractivity contribution in [3.8, 4) is 0 Å². The van der Waals surface area contributed by atoms with E-state index in [1.807, 2.05) is 28.7 Å². The van der Waals surface area contributed by atoms with Crippen LogP contribution in [0.3, 0.4) is 0 Å². The van der Waals surface area contributed by atoms with E-state index < -0.39 is 24.5 Å². The fourth-order valence-corrected chi connectivity index (χ4v) is 4.97. The van der Waals surface area contributed by atoms with Gasteiger partial charge in [-0.25, -0.2) is 9.59 Å². The molecule has 1 aliphatic rings. The molecule has 1 aromatic carbocycles. The molecule has 1 aromatic heterocycles. The van der Waals surface area contributed by atoms with Crippen LogP contribution in [0.25, 0.3) is 0 Å². The number of carbonyl (C=O) groups is 3. The Labute approximate surface area is 180 Å². The summed E-state index contributed by atoms with van der Waals surface area (Å²) in [5.41, 5.74) is 1.83. The second kappa shape index (κ2) is 9.51. The third-order valence-electron chi connectivity index (χ3n) is 4.33. The summed E-state index contributed by atoms with van der Waals surface area (Å²) in [5, 5.41) is 3.20. The normalized spacial score (nSPS) is 12.8. The van der Waals surface area contributed by atoms with Crippen LogP contribution < -0.4 is 5.32 Å². The van der Waals surface area contributed by atoms with E-state index in [0.717, 1.165) is 39.7 Å². The third-order valence-corrected chi connectivity index (χ3v) is 6.48. The molecule has 2 aromatic rings. The Balaban J connectivity index is 1.70. The summed E-state index contributed by atoms with van der Waals surface area (Å²) in [6.45, 7) is 1.60. The Kier molecular flexibility index (Phi) is 7.06. The van der Waals surface area contributed by atoms with Crippen LogP contribution in [0, 0.1) is 3.57 Å². The van der Waals surface area contributed by atoms with Crippen molar-refractivity contribution in [2.24, 2.45) is 0 Å². The van der Waals surface area contributed by atoms with Gasteiger partial charge in [-0.2, -0.15) is 0 Å². The highest BCUT2D eigenvalue weighted by atomic mass is 127. The van der Waals surface area contributed by atoms with Crippen LogP contribution in [0.2, 0.25) is 0 Å². The maximum atomic E-state index is 12.4. The number of hydrogen-bond donors (Lipinski definition) is 1. The standard InChI is InChI=1S/C20H20INO5S/c1-2-26-20(25)17-13-8-4-6-10-15(13)28-18(17)22-16(23)11-27-19(24)12-7-3-5-9-14(12)21/h3,5,7,9H,2,4,6,8,10-11H2,1H3,(H,22,23). The van der Waals surface area contributed by atoms with Crippen molar-refractivity contribution in [1.82, 2.24) is 0 Å². The second-order valence-electron chi connectivity index (χ2n) is 6.24. The number of benzene rings is 1. The molecule has 0 fully saturated rings. The smallest absolute Gasteiger partial charge is 0.341 e. The lowest BCUT2D eigenvalue weighted by Crippen LogP contribution is -2.22. The molecule has 0 unspecified atom stereocenters. The molecule has 0 saturated carbocycles. The molecule has 1 heterocycles. The van der Waals surface area contributed by atoms with Gasteiger partial charge in [0.05, 0.1) is 17.7 Å². The van der Waals surface area contributed by atoms with E-state index in [1.54, 1.807) is 25.1 Å². The molecule has 0 saturated heterocycles. The van der Waals surface area contributed by atoms with Crippen molar-refractivity contribution in [2.45, 2.75) is 32.6 Å². The predicted molar refractivity (Wildman–Crippen MR) is 115 cm³/mol. The van der Waals surface area contributed by atoms with Gasteiger partial charge in [-0.05, 0) is 72.9 Å². The highest BCUT2D eigenvalue weighted by Gasteiger charge is 2.27. The molecular weight excluding hydrogens is 493 g/mol. The van der Waals surface area contributed by atoms with Crippen molar-refractivity contribution in [1.29, 1.82) is 0 Å². The van der Waals surface area contributed by atoms with Crippen molar-refractivity contribution in [3.63, 3.8) is 0 Å². The van der Waals surface area contributed by atoms with E-state index in [-0.39, 0.29) is 6.61 Å². The molecule has 0 radical (unpaired) electrons. The van der Waals surface area contributed by atoms with E-state index >= 15 is 0 Å². The van der Waals surface area contributed by atoms with Crippen LogP contribution in [-0.4, -0.2) is 31.1 Å². The number of thiophene rings is 1. The second-order valence-corrected chi connectivity index (χ2v) is 8.51. The first kappa shape index (κ1) is 20.8. The van der Waals surface area contributed by atoms with Gasteiger partial charge in [-0.15, -0.1) is 11.3 Å². The molecule has 1 amide bonds. The van der Waals surface area contributed by atoms with Gasteiger partial charge in [0, 0.05) is 8.45 Å². The number of halogens is 1. The molecule has 6 nitrogen and oxygen atoms in total. The molecular formula is C20H20INO5S. The molecule has 0 bridgehead atoms. The molecule has 0 spiro atoms. The predicted octanol–water partition coefficient (Wildman–Crippen LogP) is 4.20. The minimum absolute atomic E-state index is 0.268. The van der Waals surface area contributed by atoms with Crippen LogP contribution >= 0.6 is 33.9 Å². The number of aryl methyl sites for hydroxylation is 1. The van der Waals surface area contributed by atoms with Gasteiger partial charge in [0.15, 0.2) is 6.61 Å². The number of fused-ring (bicyclic) bond motifs is 1. The number of hydrogen-bond acceptors (Lipinski definition) is 6. The van der Waals surface area contributed by atoms with E-state index in [9.17, 15) is 14.4 Å². The fourth-order valence-electron chi connectivity index (χ4n) is 3.07. The zero-order chi connectivity index (χ0) is 20.1. The minimum atomic E-state index is -0.559. The van der Waals surface area contributed by atoms with Gasteiger partial charge in [0.25, 0.3) is 5.91 Å². The number of anilines is 1. The average molecular weight is 513 g/mol. The van der Waals surface area contributed by atoms with Gasteiger partial charge >= 0.3 is 11.9 Å². The maximum Gasteiger partial charge on any atom is 0.341 e. The highest BCUT2D eigenvalue weighted by Crippen LogP contribution is 2.38. The Morgan fingerprint density at radius 1 is 1.11 bits per heavy atom. The fraction of sp³-hybridized carbons (Fsp3) is 0.350. The van der Waals surface area contributed by atoms with Crippen LogP contribution in [-0.2, 0) is 27.1 Å². The molecule has 1 aliphatic carbocycles. The van der Waals surface area contributed by atoms with Crippen LogP contribution in [0.15, 0.2) is 24.3 Å². The zero-order valence-corrected chi connectivity index (χ0v) is 18.4. The topological polar surface area (TPSA) is 81.7 Å². The van der Waals surface area contributed by atoms with Gasteiger partial charge in [0.1, 0.15) is 5.00 Å². The number of rotatable bonds is 6. The maximum absolute atomic E-state index is 12.4. The highest BCUT2D eigenvalue weighted by molar-refractivity contribution is 14.1. The molecule has 8 heteroatoms. The molecule has 0 atom stereocenters. The number of nitrogens with one attached hydrogen (secondary N) is 1. The van der Waals surface area contributed by atoms with Crippen molar-refractivity contribution >= 4 is 56.8 Å². The minimum Gasteiger partial charge on any atom is -0.462 e. The summed E-state index contributed by atoms with van der Waals surface area (Å²) in [5.74, 6) is -1.47. The lowest BCUT2D eigenvalue weighted by molar-refractivity contribution is -0.119. The molecule has 3 rings (SSSR count). The summed E-state index contributed by atoms with van der Waals surface area (Å²) in [7, 11) is 0. The summed E-state index contributed by atoms with van der Waals surface area (Å²) in [6.07, 6.45) is 3.77. The van der Waals surface area contributed by atoms with Gasteiger partial charge in [-0.1, -0.05) is 12.1 Å². The lowest BCUT2D eigenvalue weighted by atomic mass is 9.95. The van der Waals surface area contributed by atoms with E-state index in [4.69, 9.17) is 9.47 Å². The first-order chi connectivity index (χ1) is 13.5. The Bertz CT molecular complexity index is 908. The number of ether oxygens (including phenoxy) is 2. The van der Waals surface area contributed by atoms with E-state index in [2.05, 4.69) is 5.32 Å². The first-order valence-corrected chi connectivity index (χ1v) is 10.9. The largest absolute Gasteiger partial charge is 0.462 e. The molecule has 28 heavy (non-hydrogen) atoms. The van der Waals surface area contributed by atoms with E-state index in [0.29, 0.717) is 16.1 Å².